The molecule has 2 aromatic rings. The number of amides is 2. The number of aromatic nitrogens is 1. The molecule has 0 aliphatic heterocycles. The molecule has 0 aliphatic rings. The molecular weight excluding hydrogens is 410 g/mol. The summed E-state index contributed by atoms with van der Waals surface area (Å²) in [6.45, 7) is 4.98. The molecule has 0 saturated carbocycles. The number of ether oxygens (including phenoxy) is 1. The Morgan fingerprint density at radius 1 is 1.13 bits per heavy atom. The highest BCUT2D eigenvalue weighted by molar-refractivity contribution is 7.89. The minimum Gasteiger partial charge on any atom is -0.452 e. The van der Waals surface area contributed by atoms with Crippen LogP contribution in [0.2, 0.25) is 0 Å². The Labute approximate surface area is 175 Å². The summed E-state index contributed by atoms with van der Waals surface area (Å²) in [5.41, 5.74) is 0.809. The number of carbonyl (C=O) groups excluding carboxylic acids is 3. The predicted molar refractivity (Wildman–Crippen MR) is 109 cm³/mol. The van der Waals surface area contributed by atoms with Gasteiger partial charge in [0.1, 0.15) is 5.69 Å². The number of carbonyl (C=O) groups is 3. The van der Waals surface area contributed by atoms with Crippen molar-refractivity contribution < 1.29 is 27.5 Å². The highest BCUT2D eigenvalue weighted by atomic mass is 32.2. The van der Waals surface area contributed by atoms with Crippen molar-refractivity contribution in [1.82, 2.24) is 14.2 Å². The Morgan fingerprint density at radius 2 is 1.80 bits per heavy atom. The topological polar surface area (TPSA) is 115 Å². The normalized spacial score (nSPS) is 11.4. The molecule has 0 spiro atoms. The predicted octanol–water partition coefficient (Wildman–Crippen LogP) is 1.48. The molecule has 1 heterocycles. The second-order valence-corrected chi connectivity index (χ2v) is 8.46. The van der Waals surface area contributed by atoms with Gasteiger partial charge in [-0.3, -0.25) is 14.9 Å². The SMILES string of the molecule is CCN(CC)S(=O)(=O)c1ccc(C)c(C(=O)OCC(=O)NC(=O)c2cccn2C)c1. The summed E-state index contributed by atoms with van der Waals surface area (Å²) < 4.78 is 33.2. The summed E-state index contributed by atoms with van der Waals surface area (Å²) in [6.07, 6.45) is 1.65. The van der Waals surface area contributed by atoms with Crippen LogP contribution >= 0.6 is 0 Å². The van der Waals surface area contributed by atoms with E-state index in [1.165, 1.54) is 22.5 Å². The number of imide groups is 1. The molecule has 0 atom stereocenters. The fraction of sp³-hybridized carbons (Fsp3) is 0.350. The molecule has 0 fully saturated rings. The maximum atomic E-state index is 12.7. The molecule has 1 aromatic carbocycles. The van der Waals surface area contributed by atoms with Gasteiger partial charge in [0, 0.05) is 26.3 Å². The number of aryl methyl sites for hydroxylation is 2. The lowest BCUT2D eigenvalue weighted by atomic mass is 10.1. The quantitative estimate of drug-likeness (QED) is 0.628. The van der Waals surface area contributed by atoms with Gasteiger partial charge in [-0.1, -0.05) is 19.9 Å². The van der Waals surface area contributed by atoms with Crippen molar-refractivity contribution >= 4 is 27.8 Å². The van der Waals surface area contributed by atoms with Crippen molar-refractivity contribution in [3.8, 4) is 0 Å². The number of nitrogens with one attached hydrogen (secondary N) is 1. The molecule has 0 saturated heterocycles. The van der Waals surface area contributed by atoms with Crippen molar-refractivity contribution in [2.24, 2.45) is 7.05 Å². The number of benzene rings is 1. The molecule has 1 N–H and O–H groups in total. The lowest BCUT2D eigenvalue weighted by molar-refractivity contribution is -0.123. The van der Waals surface area contributed by atoms with E-state index >= 15 is 0 Å². The number of esters is 1. The lowest BCUT2D eigenvalue weighted by Gasteiger charge is -2.19. The maximum Gasteiger partial charge on any atom is 0.338 e. The van der Waals surface area contributed by atoms with Gasteiger partial charge in [0.05, 0.1) is 10.5 Å². The summed E-state index contributed by atoms with van der Waals surface area (Å²) >= 11 is 0. The Kier molecular flexibility index (Phi) is 7.52. The number of hydrogen-bond acceptors (Lipinski definition) is 6. The van der Waals surface area contributed by atoms with Crippen molar-refractivity contribution in [2.45, 2.75) is 25.7 Å². The molecule has 162 valence electrons. The van der Waals surface area contributed by atoms with Crippen molar-refractivity contribution in [2.75, 3.05) is 19.7 Å². The van der Waals surface area contributed by atoms with E-state index in [1.807, 2.05) is 0 Å². The average molecular weight is 436 g/mol. The monoisotopic (exact) mass is 435 g/mol. The van der Waals surface area contributed by atoms with E-state index in [4.69, 9.17) is 4.74 Å². The highest BCUT2D eigenvalue weighted by Crippen LogP contribution is 2.20. The summed E-state index contributed by atoms with van der Waals surface area (Å²) in [4.78, 5) is 36.4. The Hall–Kier alpha value is -2.98. The molecule has 0 radical (unpaired) electrons. The number of hydrogen-bond donors (Lipinski definition) is 1. The number of nitrogens with zero attached hydrogens (tertiary/aromatic N) is 2. The van der Waals surface area contributed by atoms with Crippen molar-refractivity contribution in [3.63, 3.8) is 0 Å². The van der Waals surface area contributed by atoms with Gasteiger partial charge in [-0.25, -0.2) is 13.2 Å². The van der Waals surface area contributed by atoms with Crippen LogP contribution in [0.1, 0.15) is 40.3 Å². The number of rotatable bonds is 8. The van der Waals surface area contributed by atoms with Crippen LogP contribution < -0.4 is 5.32 Å². The third-order valence-electron chi connectivity index (χ3n) is 4.54. The Morgan fingerprint density at radius 3 is 2.37 bits per heavy atom. The number of sulfonamides is 1. The second-order valence-electron chi connectivity index (χ2n) is 6.52. The van der Waals surface area contributed by atoms with E-state index in [2.05, 4.69) is 5.32 Å². The van der Waals surface area contributed by atoms with Crippen molar-refractivity contribution in [1.29, 1.82) is 0 Å². The lowest BCUT2D eigenvalue weighted by Crippen LogP contribution is -2.35. The first-order chi connectivity index (χ1) is 14.1. The molecule has 9 nitrogen and oxygen atoms in total. The first kappa shape index (κ1) is 23.3. The largest absolute Gasteiger partial charge is 0.452 e. The molecule has 0 unspecified atom stereocenters. The van der Waals surface area contributed by atoms with Crippen LogP contribution in [0.3, 0.4) is 0 Å². The molecular formula is C20H25N3O6S. The fourth-order valence-corrected chi connectivity index (χ4v) is 4.31. The Bertz CT molecular complexity index is 1050. The first-order valence-electron chi connectivity index (χ1n) is 9.35. The second kappa shape index (κ2) is 9.68. The first-order valence-corrected chi connectivity index (χ1v) is 10.8. The van der Waals surface area contributed by atoms with Crippen LogP contribution in [0.25, 0.3) is 0 Å². The van der Waals surface area contributed by atoms with Crippen LogP contribution in [0.15, 0.2) is 41.4 Å². The molecule has 0 aliphatic carbocycles. The third kappa shape index (κ3) is 5.14. The standard InChI is InChI=1S/C20H25N3O6S/c1-5-23(6-2)30(27,28)15-10-9-14(3)16(12-15)20(26)29-13-18(24)21-19(25)17-8-7-11-22(17)4/h7-12H,5-6,13H2,1-4H3,(H,21,24,25). The minimum absolute atomic E-state index is 0.0322. The van der Waals surface area contributed by atoms with Gasteiger partial charge in [0.15, 0.2) is 6.61 Å². The van der Waals surface area contributed by atoms with Crippen LogP contribution in [0.4, 0.5) is 0 Å². The molecule has 0 bridgehead atoms. The van der Waals surface area contributed by atoms with Gasteiger partial charge in [-0.15, -0.1) is 0 Å². The van der Waals surface area contributed by atoms with E-state index in [0.29, 0.717) is 18.7 Å². The van der Waals surface area contributed by atoms with E-state index < -0.39 is 34.4 Å². The zero-order valence-electron chi connectivity index (χ0n) is 17.3. The average Bonchev–Trinajstić information content (AvgIpc) is 3.13. The van der Waals surface area contributed by atoms with Crippen LogP contribution in [0, 0.1) is 6.92 Å². The third-order valence-corrected chi connectivity index (χ3v) is 6.58. The summed E-state index contributed by atoms with van der Waals surface area (Å²) in [5.74, 6) is -2.27. The highest BCUT2D eigenvalue weighted by Gasteiger charge is 2.24. The van der Waals surface area contributed by atoms with Crippen LogP contribution in [-0.2, 0) is 26.6 Å². The molecule has 10 heteroatoms. The van der Waals surface area contributed by atoms with Crippen LogP contribution in [-0.4, -0.2) is 54.8 Å². The van der Waals surface area contributed by atoms with E-state index in [9.17, 15) is 22.8 Å². The zero-order valence-corrected chi connectivity index (χ0v) is 18.2. The van der Waals surface area contributed by atoms with Gasteiger partial charge < -0.3 is 9.30 Å². The van der Waals surface area contributed by atoms with Gasteiger partial charge in [0.25, 0.3) is 11.8 Å². The van der Waals surface area contributed by atoms with Crippen molar-refractivity contribution in [3.05, 3.63) is 53.3 Å². The summed E-state index contributed by atoms with van der Waals surface area (Å²) in [7, 11) is -2.10. The van der Waals surface area contributed by atoms with E-state index in [1.54, 1.807) is 50.7 Å². The smallest absolute Gasteiger partial charge is 0.338 e. The molecule has 2 amide bonds. The van der Waals surface area contributed by atoms with Gasteiger partial charge >= 0.3 is 5.97 Å². The van der Waals surface area contributed by atoms with E-state index in [-0.39, 0.29) is 16.2 Å². The minimum atomic E-state index is -3.75. The molecule has 1 aromatic heterocycles. The summed E-state index contributed by atoms with van der Waals surface area (Å²) in [6, 6.07) is 7.36. The zero-order chi connectivity index (χ0) is 22.5. The van der Waals surface area contributed by atoms with Gasteiger partial charge in [-0.2, -0.15) is 4.31 Å². The van der Waals surface area contributed by atoms with Gasteiger partial charge in [0.2, 0.25) is 10.0 Å². The summed E-state index contributed by atoms with van der Waals surface area (Å²) in [5, 5.41) is 2.13. The van der Waals surface area contributed by atoms with Gasteiger partial charge in [-0.05, 0) is 36.8 Å². The maximum absolute atomic E-state index is 12.7. The fourth-order valence-electron chi connectivity index (χ4n) is 2.83. The molecule has 30 heavy (non-hydrogen) atoms. The molecule has 2 rings (SSSR count). The Balaban J connectivity index is 2.09. The van der Waals surface area contributed by atoms with Crippen LogP contribution in [0.5, 0.6) is 0 Å². The van der Waals surface area contributed by atoms with E-state index in [0.717, 1.165) is 0 Å².